The van der Waals surface area contributed by atoms with Crippen LogP contribution in [0.5, 0.6) is 5.75 Å². The van der Waals surface area contributed by atoms with Gasteiger partial charge in [-0.15, -0.1) is 0 Å². The maximum Gasteiger partial charge on any atom is 0.303 e. The molecule has 0 radical (unpaired) electrons. The minimum atomic E-state index is -0.918. The maximum atomic E-state index is 12.0. The molecule has 0 aliphatic heterocycles. The SMILES string of the molecule is COc1ccccc1-n1cc(CCC(=O)O)c(=O)cc1C. The number of aliphatic carboxylic acids is 1. The molecule has 1 aromatic carbocycles. The van der Waals surface area contributed by atoms with Crippen molar-refractivity contribution in [2.24, 2.45) is 0 Å². The highest BCUT2D eigenvalue weighted by Gasteiger charge is 2.10. The zero-order valence-corrected chi connectivity index (χ0v) is 12.0. The zero-order chi connectivity index (χ0) is 15.4. The number of aryl methyl sites for hydroxylation is 2. The molecule has 0 aliphatic carbocycles. The van der Waals surface area contributed by atoms with E-state index in [4.69, 9.17) is 9.84 Å². The lowest BCUT2D eigenvalue weighted by Gasteiger charge is -2.15. The number of nitrogens with zero attached hydrogens (tertiary/aromatic N) is 1. The van der Waals surface area contributed by atoms with Crippen LogP contribution in [-0.2, 0) is 11.2 Å². The van der Waals surface area contributed by atoms with Gasteiger partial charge < -0.3 is 14.4 Å². The van der Waals surface area contributed by atoms with Gasteiger partial charge >= 0.3 is 5.97 Å². The van der Waals surface area contributed by atoms with Gasteiger partial charge in [-0.25, -0.2) is 0 Å². The van der Waals surface area contributed by atoms with Crippen LogP contribution in [0.3, 0.4) is 0 Å². The summed E-state index contributed by atoms with van der Waals surface area (Å²) in [6.45, 7) is 1.83. The van der Waals surface area contributed by atoms with Gasteiger partial charge in [0.05, 0.1) is 12.8 Å². The highest BCUT2D eigenvalue weighted by molar-refractivity contribution is 5.67. The van der Waals surface area contributed by atoms with Crippen LogP contribution in [0.2, 0.25) is 0 Å². The van der Waals surface area contributed by atoms with Crippen LogP contribution < -0.4 is 10.2 Å². The molecule has 5 heteroatoms. The van der Waals surface area contributed by atoms with Gasteiger partial charge in [-0.2, -0.15) is 0 Å². The summed E-state index contributed by atoms with van der Waals surface area (Å²) in [5.74, 6) is -0.229. The van der Waals surface area contributed by atoms with Crippen LogP contribution in [0, 0.1) is 6.92 Å². The molecule has 0 fully saturated rings. The average Bonchev–Trinajstić information content (AvgIpc) is 2.46. The first-order chi connectivity index (χ1) is 10.0. The van der Waals surface area contributed by atoms with Crippen LogP contribution in [0.15, 0.2) is 41.3 Å². The zero-order valence-electron chi connectivity index (χ0n) is 12.0. The molecule has 1 heterocycles. The lowest BCUT2D eigenvalue weighted by molar-refractivity contribution is -0.136. The Morgan fingerprint density at radius 2 is 2.05 bits per heavy atom. The van der Waals surface area contributed by atoms with Crippen molar-refractivity contribution in [2.75, 3.05) is 7.11 Å². The van der Waals surface area contributed by atoms with Gasteiger partial charge in [0.25, 0.3) is 0 Å². The number of para-hydroxylation sites is 2. The van der Waals surface area contributed by atoms with E-state index in [-0.39, 0.29) is 18.3 Å². The number of hydrogen-bond acceptors (Lipinski definition) is 3. The molecular weight excluding hydrogens is 270 g/mol. The third-order valence-electron chi connectivity index (χ3n) is 3.27. The fourth-order valence-electron chi connectivity index (χ4n) is 2.19. The quantitative estimate of drug-likeness (QED) is 0.915. The minimum absolute atomic E-state index is 0.0653. The standard InChI is InChI=1S/C16H17NO4/c1-11-9-14(18)12(7-8-16(19)20)10-17(11)13-5-3-4-6-15(13)21-2/h3-6,9-10H,7-8H2,1-2H3,(H,19,20). The summed E-state index contributed by atoms with van der Waals surface area (Å²) >= 11 is 0. The number of rotatable bonds is 5. The normalized spacial score (nSPS) is 10.4. The summed E-state index contributed by atoms with van der Waals surface area (Å²) in [4.78, 5) is 22.6. The van der Waals surface area contributed by atoms with Gasteiger partial charge in [0.15, 0.2) is 5.43 Å². The lowest BCUT2D eigenvalue weighted by atomic mass is 10.1. The van der Waals surface area contributed by atoms with E-state index in [0.29, 0.717) is 11.3 Å². The topological polar surface area (TPSA) is 68.5 Å². The number of carboxylic acids is 1. The van der Waals surface area contributed by atoms with Crippen molar-refractivity contribution in [3.8, 4) is 11.4 Å². The molecule has 2 rings (SSSR count). The summed E-state index contributed by atoms with van der Waals surface area (Å²) in [6.07, 6.45) is 1.84. The van der Waals surface area contributed by atoms with Crippen molar-refractivity contribution in [3.05, 3.63) is 58.0 Å². The number of hydrogen-bond donors (Lipinski definition) is 1. The van der Waals surface area contributed by atoms with Crippen molar-refractivity contribution in [2.45, 2.75) is 19.8 Å². The van der Waals surface area contributed by atoms with E-state index in [1.54, 1.807) is 13.3 Å². The van der Waals surface area contributed by atoms with Crippen molar-refractivity contribution in [3.63, 3.8) is 0 Å². The molecule has 0 spiro atoms. The number of aromatic nitrogens is 1. The Labute approximate surface area is 122 Å². The maximum absolute atomic E-state index is 12.0. The van der Waals surface area contributed by atoms with Crippen molar-refractivity contribution < 1.29 is 14.6 Å². The molecule has 0 bridgehead atoms. The molecule has 110 valence electrons. The van der Waals surface area contributed by atoms with Crippen molar-refractivity contribution in [1.29, 1.82) is 0 Å². The molecule has 0 amide bonds. The molecule has 0 saturated carbocycles. The van der Waals surface area contributed by atoms with Crippen LogP contribution in [-0.4, -0.2) is 22.8 Å². The molecule has 2 aromatic rings. The molecule has 21 heavy (non-hydrogen) atoms. The first kappa shape index (κ1) is 14.8. The molecule has 1 N–H and O–H groups in total. The Balaban J connectivity index is 2.51. The minimum Gasteiger partial charge on any atom is -0.495 e. The summed E-state index contributed by atoms with van der Waals surface area (Å²) in [7, 11) is 1.59. The Kier molecular flexibility index (Phi) is 4.42. The van der Waals surface area contributed by atoms with E-state index in [9.17, 15) is 9.59 Å². The van der Waals surface area contributed by atoms with Crippen LogP contribution in [0.1, 0.15) is 17.7 Å². The number of carbonyl (C=O) groups is 1. The summed E-state index contributed by atoms with van der Waals surface area (Å²) in [5.41, 5.74) is 1.92. The molecule has 0 aliphatic rings. The number of benzene rings is 1. The van der Waals surface area contributed by atoms with Crippen LogP contribution >= 0.6 is 0 Å². The van der Waals surface area contributed by atoms with E-state index >= 15 is 0 Å². The van der Waals surface area contributed by atoms with E-state index in [1.165, 1.54) is 6.07 Å². The van der Waals surface area contributed by atoms with Crippen molar-refractivity contribution in [1.82, 2.24) is 4.57 Å². The third-order valence-corrected chi connectivity index (χ3v) is 3.27. The molecule has 0 saturated heterocycles. The number of methoxy groups -OCH3 is 1. The Morgan fingerprint density at radius 1 is 1.33 bits per heavy atom. The average molecular weight is 287 g/mol. The van der Waals surface area contributed by atoms with Crippen molar-refractivity contribution >= 4 is 5.97 Å². The number of pyridine rings is 1. The van der Waals surface area contributed by atoms with E-state index in [1.807, 2.05) is 35.8 Å². The summed E-state index contributed by atoms with van der Waals surface area (Å²) < 4.78 is 7.17. The predicted octanol–water partition coefficient (Wildman–Crippen LogP) is 2.17. The molecule has 0 unspecified atom stereocenters. The highest BCUT2D eigenvalue weighted by atomic mass is 16.5. The Bertz CT molecular complexity index is 718. The van der Waals surface area contributed by atoms with E-state index in [0.717, 1.165) is 11.4 Å². The largest absolute Gasteiger partial charge is 0.495 e. The number of ether oxygens (including phenoxy) is 1. The van der Waals surface area contributed by atoms with Gasteiger partial charge in [-0.3, -0.25) is 9.59 Å². The monoisotopic (exact) mass is 287 g/mol. The molecule has 1 aromatic heterocycles. The third kappa shape index (κ3) is 3.31. The fraction of sp³-hybridized carbons (Fsp3) is 0.250. The van der Waals surface area contributed by atoms with Gasteiger partial charge in [-0.05, 0) is 25.5 Å². The fourth-order valence-corrected chi connectivity index (χ4v) is 2.19. The summed E-state index contributed by atoms with van der Waals surface area (Å²) in [6, 6.07) is 8.99. The van der Waals surface area contributed by atoms with Gasteiger partial charge in [0.2, 0.25) is 0 Å². The van der Waals surface area contributed by atoms with Gasteiger partial charge in [0, 0.05) is 29.9 Å². The smallest absolute Gasteiger partial charge is 0.303 e. The second-order valence-electron chi connectivity index (χ2n) is 4.74. The second kappa shape index (κ2) is 6.26. The first-order valence-corrected chi connectivity index (χ1v) is 6.60. The predicted molar refractivity (Wildman–Crippen MR) is 79.3 cm³/mol. The summed E-state index contributed by atoms with van der Waals surface area (Å²) in [5, 5.41) is 8.76. The molecule has 5 nitrogen and oxygen atoms in total. The first-order valence-electron chi connectivity index (χ1n) is 6.60. The van der Waals surface area contributed by atoms with E-state index < -0.39 is 5.97 Å². The highest BCUT2D eigenvalue weighted by Crippen LogP contribution is 2.23. The second-order valence-corrected chi connectivity index (χ2v) is 4.74. The molecule has 0 atom stereocenters. The van der Waals surface area contributed by atoms with Gasteiger partial charge in [-0.1, -0.05) is 12.1 Å². The molecular formula is C16H17NO4. The van der Waals surface area contributed by atoms with Gasteiger partial charge in [0.1, 0.15) is 5.75 Å². The Morgan fingerprint density at radius 3 is 2.71 bits per heavy atom. The van der Waals surface area contributed by atoms with E-state index in [2.05, 4.69) is 0 Å². The van der Waals surface area contributed by atoms with Crippen LogP contribution in [0.25, 0.3) is 5.69 Å². The van der Waals surface area contributed by atoms with Crippen LogP contribution in [0.4, 0.5) is 0 Å². The lowest BCUT2D eigenvalue weighted by Crippen LogP contribution is -2.15. The Hall–Kier alpha value is -2.56. The number of carboxylic acid groups (broad SMARTS) is 1.